The highest BCUT2D eigenvalue weighted by Crippen LogP contribution is 2.24. The highest BCUT2D eigenvalue weighted by Gasteiger charge is 2.17. The van der Waals surface area contributed by atoms with Gasteiger partial charge in [0.25, 0.3) is 0 Å². The van der Waals surface area contributed by atoms with Crippen molar-refractivity contribution in [3.05, 3.63) is 41.4 Å². The molecule has 2 heterocycles. The molecule has 0 aliphatic carbocycles. The molecule has 20 heavy (non-hydrogen) atoms. The second kappa shape index (κ2) is 5.05. The molecule has 0 fully saturated rings. The van der Waals surface area contributed by atoms with E-state index >= 15 is 0 Å². The molecule has 2 N–H and O–H groups in total. The third-order valence-corrected chi connectivity index (χ3v) is 3.32. The molecule has 0 spiro atoms. The molecule has 0 bridgehead atoms. The zero-order chi connectivity index (χ0) is 14.1. The predicted molar refractivity (Wildman–Crippen MR) is 73.8 cm³/mol. The van der Waals surface area contributed by atoms with Gasteiger partial charge in [0.2, 0.25) is 0 Å². The van der Waals surface area contributed by atoms with E-state index in [1.54, 1.807) is 12.1 Å². The van der Waals surface area contributed by atoms with E-state index in [9.17, 15) is 4.39 Å². The van der Waals surface area contributed by atoms with Gasteiger partial charge in [-0.25, -0.2) is 4.39 Å². The number of benzene rings is 1. The molecule has 0 unspecified atom stereocenters. The summed E-state index contributed by atoms with van der Waals surface area (Å²) in [6.45, 7) is 1.86. The Morgan fingerprint density at radius 2 is 2.25 bits per heavy atom. The lowest BCUT2D eigenvalue weighted by Crippen LogP contribution is -2.23. The summed E-state index contributed by atoms with van der Waals surface area (Å²) >= 11 is 0. The number of rotatable bonds is 3. The van der Waals surface area contributed by atoms with E-state index in [4.69, 9.17) is 10.3 Å². The lowest BCUT2D eigenvalue weighted by molar-refractivity contribution is 0.386. The second-order valence-electron chi connectivity index (χ2n) is 4.70. The van der Waals surface area contributed by atoms with Crippen LogP contribution in [0.25, 0.3) is 11.3 Å². The lowest BCUT2D eigenvalue weighted by Gasteiger charge is -2.14. The summed E-state index contributed by atoms with van der Waals surface area (Å²) in [6.07, 6.45) is 0. The fourth-order valence-corrected chi connectivity index (χ4v) is 2.24. The fourth-order valence-electron chi connectivity index (χ4n) is 2.24. The average molecular weight is 274 g/mol. The zero-order valence-corrected chi connectivity index (χ0v) is 11.1. The van der Waals surface area contributed by atoms with E-state index in [1.165, 1.54) is 6.07 Å². The van der Waals surface area contributed by atoms with Crippen LogP contribution in [-0.2, 0) is 6.54 Å². The Hall–Kier alpha value is -2.21. The first kappa shape index (κ1) is 12.8. The number of hydrogen-bond acceptors (Lipinski definition) is 5. The predicted octanol–water partition coefficient (Wildman–Crippen LogP) is 1.63. The Balaban J connectivity index is 1.95. The molecule has 2 aromatic rings. The fraction of sp³-hybridized carbons (Fsp3) is 0.286. The SMILES string of the molecule is CN1CCN=C1c1ccc(-c2cc(CN)on2)c(F)c1. The van der Waals surface area contributed by atoms with E-state index < -0.39 is 0 Å². The lowest BCUT2D eigenvalue weighted by atomic mass is 10.1. The van der Waals surface area contributed by atoms with Crippen LogP contribution in [0.4, 0.5) is 4.39 Å². The van der Waals surface area contributed by atoms with Crippen molar-refractivity contribution in [2.75, 3.05) is 20.1 Å². The summed E-state index contributed by atoms with van der Waals surface area (Å²) < 4.78 is 19.2. The number of hydrogen-bond donors (Lipinski definition) is 1. The maximum absolute atomic E-state index is 14.2. The van der Waals surface area contributed by atoms with Crippen LogP contribution < -0.4 is 5.73 Å². The second-order valence-corrected chi connectivity index (χ2v) is 4.70. The maximum Gasteiger partial charge on any atom is 0.150 e. The molecule has 6 heteroatoms. The largest absolute Gasteiger partial charge is 0.359 e. The number of amidine groups is 1. The van der Waals surface area contributed by atoms with Gasteiger partial charge in [-0.05, 0) is 12.1 Å². The quantitative estimate of drug-likeness (QED) is 0.923. The molecule has 0 saturated carbocycles. The van der Waals surface area contributed by atoms with E-state index in [0.29, 0.717) is 17.0 Å². The number of likely N-dealkylation sites (N-methyl/N-ethyl adjacent to an activating group) is 1. The van der Waals surface area contributed by atoms with Crippen molar-refractivity contribution < 1.29 is 8.91 Å². The van der Waals surface area contributed by atoms with Gasteiger partial charge in [0.05, 0.1) is 13.1 Å². The summed E-state index contributed by atoms with van der Waals surface area (Å²) in [5.74, 6) is 1.00. The minimum absolute atomic E-state index is 0.244. The van der Waals surface area contributed by atoms with E-state index in [1.807, 2.05) is 18.0 Å². The molecule has 0 amide bonds. The molecule has 1 aromatic carbocycles. The number of aliphatic imine (C=N–C) groups is 1. The van der Waals surface area contributed by atoms with E-state index in [2.05, 4.69) is 10.1 Å². The van der Waals surface area contributed by atoms with Gasteiger partial charge in [-0.15, -0.1) is 0 Å². The summed E-state index contributed by atoms with van der Waals surface area (Å²) in [5.41, 5.74) is 7.08. The van der Waals surface area contributed by atoms with Crippen molar-refractivity contribution in [3.63, 3.8) is 0 Å². The highest BCUT2D eigenvalue weighted by atomic mass is 19.1. The van der Waals surface area contributed by atoms with Gasteiger partial charge in [-0.2, -0.15) is 0 Å². The number of halogens is 1. The molecule has 0 radical (unpaired) electrons. The van der Waals surface area contributed by atoms with E-state index in [-0.39, 0.29) is 12.4 Å². The first-order chi connectivity index (χ1) is 9.69. The van der Waals surface area contributed by atoms with Crippen molar-refractivity contribution >= 4 is 5.84 Å². The summed E-state index contributed by atoms with van der Waals surface area (Å²) in [5, 5.41) is 3.82. The average Bonchev–Trinajstić information content (AvgIpc) is 3.07. The van der Waals surface area contributed by atoms with E-state index in [0.717, 1.165) is 24.5 Å². The molecule has 104 valence electrons. The van der Waals surface area contributed by atoms with Crippen molar-refractivity contribution in [1.29, 1.82) is 0 Å². The number of aromatic nitrogens is 1. The van der Waals surface area contributed by atoms with Crippen LogP contribution >= 0.6 is 0 Å². The third-order valence-electron chi connectivity index (χ3n) is 3.32. The smallest absolute Gasteiger partial charge is 0.150 e. The van der Waals surface area contributed by atoms with Gasteiger partial charge in [0.15, 0.2) is 5.76 Å². The van der Waals surface area contributed by atoms with Crippen LogP contribution in [0.2, 0.25) is 0 Å². The minimum atomic E-state index is -0.345. The van der Waals surface area contributed by atoms with Crippen LogP contribution in [0.5, 0.6) is 0 Å². The Kier molecular flexibility index (Phi) is 3.23. The zero-order valence-electron chi connectivity index (χ0n) is 11.1. The normalized spacial score (nSPS) is 14.8. The van der Waals surface area contributed by atoms with Crippen LogP contribution in [0.1, 0.15) is 11.3 Å². The van der Waals surface area contributed by atoms with Gasteiger partial charge in [0, 0.05) is 30.8 Å². The molecular formula is C14H15FN4O. The first-order valence-electron chi connectivity index (χ1n) is 6.40. The van der Waals surface area contributed by atoms with Crippen LogP contribution in [-0.4, -0.2) is 36.0 Å². The molecule has 5 nitrogen and oxygen atoms in total. The monoisotopic (exact) mass is 274 g/mol. The first-order valence-corrected chi connectivity index (χ1v) is 6.40. The standard InChI is InChI=1S/C14H15FN4O/c1-19-5-4-17-14(19)9-2-3-11(12(15)6-9)13-7-10(8-16)20-18-13/h2-3,6-7H,4-5,8,16H2,1H3. The Morgan fingerprint density at radius 3 is 2.85 bits per heavy atom. The summed E-state index contributed by atoms with van der Waals surface area (Å²) in [6, 6.07) is 6.66. The summed E-state index contributed by atoms with van der Waals surface area (Å²) in [7, 11) is 1.95. The van der Waals surface area contributed by atoms with Crippen molar-refractivity contribution in [1.82, 2.24) is 10.1 Å². The van der Waals surface area contributed by atoms with Crippen molar-refractivity contribution in [2.45, 2.75) is 6.54 Å². The number of nitrogens with two attached hydrogens (primary N) is 1. The van der Waals surface area contributed by atoms with Crippen LogP contribution in [0, 0.1) is 5.82 Å². The topological polar surface area (TPSA) is 67.7 Å². The molecule has 1 aliphatic heterocycles. The van der Waals surface area contributed by atoms with Gasteiger partial charge >= 0.3 is 0 Å². The Morgan fingerprint density at radius 1 is 1.40 bits per heavy atom. The van der Waals surface area contributed by atoms with Gasteiger partial charge in [0.1, 0.15) is 17.3 Å². The molecule has 0 saturated heterocycles. The highest BCUT2D eigenvalue weighted by molar-refractivity contribution is 5.99. The third kappa shape index (κ3) is 2.18. The van der Waals surface area contributed by atoms with Crippen molar-refractivity contribution in [3.8, 4) is 11.3 Å². The number of nitrogens with zero attached hydrogens (tertiary/aromatic N) is 3. The van der Waals surface area contributed by atoms with Crippen LogP contribution in [0.3, 0.4) is 0 Å². The Labute approximate surface area is 115 Å². The molecule has 1 aliphatic rings. The van der Waals surface area contributed by atoms with Gasteiger partial charge in [-0.1, -0.05) is 11.2 Å². The molecular weight excluding hydrogens is 259 g/mol. The van der Waals surface area contributed by atoms with Crippen LogP contribution in [0.15, 0.2) is 33.8 Å². The van der Waals surface area contributed by atoms with Gasteiger partial charge < -0.3 is 15.2 Å². The molecule has 0 atom stereocenters. The van der Waals surface area contributed by atoms with Gasteiger partial charge in [-0.3, -0.25) is 4.99 Å². The maximum atomic E-state index is 14.2. The molecule has 1 aromatic heterocycles. The summed E-state index contributed by atoms with van der Waals surface area (Å²) in [4.78, 5) is 6.38. The van der Waals surface area contributed by atoms with Crippen molar-refractivity contribution in [2.24, 2.45) is 10.7 Å². The minimum Gasteiger partial charge on any atom is -0.359 e. The Bertz CT molecular complexity index is 665. The molecule has 3 rings (SSSR count).